The lowest BCUT2D eigenvalue weighted by Crippen LogP contribution is -2.51. The molecule has 2 aliphatic heterocycles. The molecule has 0 N–H and O–H groups in total. The molecule has 1 aromatic carbocycles. The maximum atomic E-state index is 12.6. The molecule has 2 saturated heterocycles. The van der Waals surface area contributed by atoms with Crippen molar-refractivity contribution in [3.05, 3.63) is 35.9 Å². The molecule has 3 rings (SSSR count). The number of piperazine rings is 1. The average molecular weight is 382 g/mol. The fourth-order valence-corrected chi connectivity index (χ4v) is 5.06. The molecule has 1 aromatic rings. The number of ether oxygens (including phenoxy) is 1. The van der Waals surface area contributed by atoms with Crippen LogP contribution < -0.4 is 0 Å². The van der Waals surface area contributed by atoms with E-state index in [9.17, 15) is 8.42 Å². The minimum atomic E-state index is -3.13. The third-order valence-electron chi connectivity index (χ3n) is 5.27. The first kappa shape index (κ1) is 19.8. The van der Waals surface area contributed by atoms with Gasteiger partial charge in [0, 0.05) is 52.4 Å². The molecule has 2 fully saturated rings. The summed E-state index contributed by atoms with van der Waals surface area (Å²) in [7, 11) is -3.13. The summed E-state index contributed by atoms with van der Waals surface area (Å²) in [5.74, 6) is 0.246. The summed E-state index contributed by atoms with van der Waals surface area (Å²) in [6.45, 7) is 8.66. The highest BCUT2D eigenvalue weighted by Crippen LogP contribution is 2.11. The van der Waals surface area contributed by atoms with E-state index in [-0.39, 0.29) is 5.75 Å². The molecular formula is C19H31N3O3S. The molecule has 0 aliphatic carbocycles. The van der Waals surface area contributed by atoms with Crippen molar-refractivity contribution in [1.82, 2.24) is 14.1 Å². The lowest BCUT2D eigenvalue weighted by Gasteiger charge is -2.35. The molecule has 0 unspecified atom stereocenters. The third-order valence-corrected chi connectivity index (χ3v) is 7.23. The minimum absolute atomic E-state index is 0.246. The molecule has 2 heterocycles. The van der Waals surface area contributed by atoms with Gasteiger partial charge in [-0.2, -0.15) is 4.31 Å². The van der Waals surface area contributed by atoms with Crippen molar-refractivity contribution >= 4 is 10.0 Å². The molecule has 146 valence electrons. The van der Waals surface area contributed by atoms with Crippen molar-refractivity contribution in [3.63, 3.8) is 0 Å². The summed E-state index contributed by atoms with van der Waals surface area (Å²) < 4.78 is 32.2. The Kier molecular flexibility index (Phi) is 7.45. The van der Waals surface area contributed by atoms with Crippen LogP contribution in [0.1, 0.15) is 12.0 Å². The highest BCUT2D eigenvalue weighted by Gasteiger charge is 2.26. The maximum absolute atomic E-state index is 12.6. The molecule has 0 radical (unpaired) electrons. The van der Waals surface area contributed by atoms with Gasteiger partial charge in [-0.25, -0.2) is 8.42 Å². The Hall–Kier alpha value is -0.990. The number of rotatable bonds is 8. The molecule has 0 bridgehead atoms. The highest BCUT2D eigenvalue weighted by molar-refractivity contribution is 7.89. The Morgan fingerprint density at radius 1 is 0.846 bits per heavy atom. The van der Waals surface area contributed by atoms with Crippen LogP contribution in [-0.2, 0) is 21.2 Å². The average Bonchev–Trinajstić information content (AvgIpc) is 2.68. The second kappa shape index (κ2) is 9.80. The number of hydrogen-bond acceptors (Lipinski definition) is 5. The quantitative estimate of drug-likeness (QED) is 0.670. The van der Waals surface area contributed by atoms with Gasteiger partial charge in [0.1, 0.15) is 0 Å². The van der Waals surface area contributed by atoms with E-state index in [1.54, 1.807) is 4.31 Å². The van der Waals surface area contributed by atoms with Crippen molar-refractivity contribution in [2.24, 2.45) is 0 Å². The van der Waals surface area contributed by atoms with E-state index < -0.39 is 10.0 Å². The summed E-state index contributed by atoms with van der Waals surface area (Å²) in [6, 6.07) is 10.1. The Balaban J connectivity index is 1.36. The van der Waals surface area contributed by atoms with E-state index in [1.807, 2.05) is 18.2 Å². The van der Waals surface area contributed by atoms with E-state index in [1.165, 1.54) is 5.56 Å². The van der Waals surface area contributed by atoms with Gasteiger partial charge in [0.05, 0.1) is 19.0 Å². The second-order valence-corrected chi connectivity index (χ2v) is 9.19. The van der Waals surface area contributed by atoms with Gasteiger partial charge in [-0.1, -0.05) is 30.3 Å². The van der Waals surface area contributed by atoms with Crippen LogP contribution in [0.15, 0.2) is 30.3 Å². The fraction of sp³-hybridized carbons (Fsp3) is 0.684. The zero-order chi connectivity index (χ0) is 18.2. The predicted octanol–water partition coefficient (Wildman–Crippen LogP) is 0.899. The minimum Gasteiger partial charge on any atom is -0.379 e. The summed E-state index contributed by atoms with van der Waals surface area (Å²) in [5, 5.41) is 0. The summed E-state index contributed by atoms with van der Waals surface area (Å²) >= 11 is 0. The smallest absolute Gasteiger partial charge is 0.214 e. The van der Waals surface area contributed by atoms with Gasteiger partial charge in [0.2, 0.25) is 10.0 Å². The van der Waals surface area contributed by atoms with Crippen molar-refractivity contribution in [2.75, 3.05) is 71.3 Å². The second-order valence-electron chi connectivity index (χ2n) is 7.10. The zero-order valence-corrected chi connectivity index (χ0v) is 16.4. The molecule has 2 aliphatic rings. The van der Waals surface area contributed by atoms with E-state index in [0.29, 0.717) is 19.5 Å². The standard InChI is InChI=1S/C19H31N3O3S/c23-26(24,18-4-7-19-5-2-1-3-6-19)22-12-10-20(11-13-22)8-9-21-14-16-25-17-15-21/h1-3,5-6H,4,7-18H2. The van der Waals surface area contributed by atoms with Gasteiger partial charge in [-0.05, 0) is 18.4 Å². The molecule has 0 aromatic heterocycles. The van der Waals surface area contributed by atoms with Gasteiger partial charge >= 0.3 is 0 Å². The zero-order valence-electron chi connectivity index (χ0n) is 15.6. The van der Waals surface area contributed by atoms with Crippen molar-refractivity contribution < 1.29 is 13.2 Å². The van der Waals surface area contributed by atoms with E-state index >= 15 is 0 Å². The lowest BCUT2D eigenvalue weighted by atomic mass is 10.1. The van der Waals surface area contributed by atoms with Gasteiger partial charge in [-0.3, -0.25) is 9.80 Å². The molecule has 0 amide bonds. The van der Waals surface area contributed by atoms with E-state index in [4.69, 9.17) is 4.74 Å². The molecule has 0 atom stereocenters. The number of sulfonamides is 1. The Morgan fingerprint density at radius 2 is 1.46 bits per heavy atom. The first-order chi connectivity index (χ1) is 12.6. The first-order valence-corrected chi connectivity index (χ1v) is 11.3. The van der Waals surface area contributed by atoms with Crippen LogP contribution in [0.5, 0.6) is 0 Å². The largest absolute Gasteiger partial charge is 0.379 e. The van der Waals surface area contributed by atoms with E-state index in [0.717, 1.165) is 58.9 Å². The number of aryl methyl sites for hydroxylation is 1. The third kappa shape index (κ3) is 6.03. The first-order valence-electron chi connectivity index (χ1n) is 9.68. The monoisotopic (exact) mass is 381 g/mol. The Bertz CT molecular complexity index is 625. The molecule has 0 spiro atoms. The van der Waals surface area contributed by atoms with Crippen LogP contribution in [0, 0.1) is 0 Å². The van der Waals surface area contributed by atoms with Gasteiger partial charge < -0.3 is 4.74 Å². The van der Waals surface area contributed by atoms with Crippen LogP contribution in [0.4, 0.5) is 0 Å². The fourth-order valence-electron chi connectivity index (χ4n) is 3.57. The summed E-state index contributed by atoms with van der Waals surface area (Å²) in [6.07, 6.45) is 1.50. The summed E-state index contributed by atoms with van der Waals surface area (Å²) in [5.41, 5.74) is 1.20. The van der Waals surface area contributed by atoms with E-state index in [2.05, 4.69) is 21.9 Å². The number of nitrogens with zero attached hydrogens (tertiary/aromatic N) is 3. The highest BCUT2D eigenvalue weighted by atomic mass is 32.2. The molecule has 0 saturated carbocycles. The maximum Gasteiger partial charge on any atom is 0.214 e. The topological polar surface area (TPSA) is 53.1 Å². The number of benzene rings is 1. The van der Waals surface area contributed by atoms with Crippen LogP contribution >= 0.6 is 0 Å². The Labute approximate surface area is 157 Å². The van der Waals surface area contributed by atoms with Crippen LogP contribution in [0.2, 0.25) is 0 Å². The normalized spacial score (nSPS) is 21.1. The van der Waals surface area contributed by atoms with Crippen molar-refractivity contribution in [3.8, 4) is 0 Å². The molecule has 6 nitrogen and oxygen atoms in total. The SMILES string of the molecule is O=S(=O)(CCCc1ccccc1)N1CCN(CCN2CCOCC2)CC1. The van der Waals surface area contributed by atoms with Gasteiger partial charge in [0.25, 0.3) is 0 Å². The molecular weight excluding hydrogens is 350 g/mol. The van der Waals surface area contributed by atoms with Crippen molar-refractivity contribution in [1.29, 1.82) is 0 Å². The number of morpholine rings is 1. The van der Waals surface area contributed by atoms with Crippen LogP contribution in [0.25, 0.3) is 0 Å². The van der Waals surface area contributed by atoms with Gasteiger partial charge in [0.15, 0.2) is 0 Å². The molecule has 7 heteroatoms. The van der Waals surface area contributed by atoms with Crippen LogP contribution in [0.3, 0.4) is 0 Å². The summed E-state index contributed by atoms with van der Waals surface area (Å²) in [4.78, 5) is 4.81. The molecule has 26 heavy (non-hydrogen) atoms. The predicted molar refractivity (Wildman–Crippen MR) is 104 cm³/mol. The van der Waals surface area contributed by atoms with Crippen molar-refractivity contribution in [2.45, 2.75) is 12.8 Å². The number of hydrogen-bond donors (Lipinski definition) is 0. The lowest BCUT2D eigenvalue weighted by molar-refractivity contribution is 0.0317. The van der Waals surface area contributed by atoms with Gasteiger partial charge in [-0.15, -0.1) is 0 Å². The van der Waals surface area contributed by atoms with Crippen LogP contribution in [-0.4, -0.2) is 93.8 Å². The Morgan fingerprint density at radius 3 is 2.12 bits per heavy atom.